The van der Waals surface area contributed by atoms with Gasteiger partial charge in [0.15, 0.2) is 11.6 Å². The molecule has 3 aromatic rings. The first-order chi connectivity index (χ1) is 16.2. The number of carbonyl (C=O) groups is 1. The van der Waals surface area contributed by atoms with E-state index < -0.39 is 5.92 Å². The fourth-order valence-corrected chi connectivity index (χ4v) is 6.06. The van der Waals surface area contributed by atoms with Crippen molar-refractivity contribution in [2.24, 2.45) is 10.7 Å². The number of hydrogen-bond acceptors (Lipinski definition) is 6. The Hall–Kier alpha value is -3.95. The lowest BCUT2D eigenvalue weighted by Crippen LogP contribution is -2.40. The SMILES string of the molecule is N#CC1=C2N=C(N)c3ccccc3N2C2=C(C(=O)C[C@@H](c3ccccc3)C2)[C@@H]1c1cccs1. The summed E-state index contributed by atoms with van der Waals surface area (Å²) < 4.78 is 0. The van der Waals surface area contributed by atoms with Crippen molar-refractivity contribution in [3.8, 4) is 6.07 Å². The summed E-state index contributed by atoms with van der Waals surface area (Å²) in [5, 5.41) is 12.2. The third kappa shape index (κ3) is 2.97. The summed E-state index contributed by atoms with van der Waals surface area (Å²) in [6, 6.07) is 24.3. The number of allylic oxidation sites excluding steroid dienone is 3. The minimum Gasteiger partial charge on any atom is -0.383 e. The molecule has 0 unspecified atom stereocenters. The number of amidine groups is 1. The van der Waals surface area contributed by atoms with Gasteiger partial charge in [-0.15, -0.1) is 11.3 Å². The zero-order valence-corrected chi connectivity index (χ0v) is 18.5. The average Bonchev–Trinajstić information content (AvgIpc) is 3.38. The highest BCUT2D eigenvalue weighted by Crippen LogP contribution is 2.52. The maximum atomic E-state index is 13.8. The Kier molecular flexibility index (Phi) is 4.53. The van der Waals surface area contributed by atoms with Gasteiger partial charge >= 0.3 is 0 Å². The molecule has 33 heavy (non-hydrogen) atoms. The van der Waals surface area contributed by atoms with Crippen LogP contribution in [-0.4, -0.2) is 11.6 Å². The number of carbonyl (C=O) groups excluding carboxylic acids is 1. The van der Waals surface area contributed by atoms with E-state index in [4.69, 9.17) is 10.7 Å². The van der Waals surface area contributed by atoms with Gasteiger partial charge in [-0.1, -0.05) is 48.5 Å². The van der Waals surface area contributed by atoms with Crippen LogP contribution >= 0.6 is 11.3 Å². The lowest BCUT2D eigenvalue weighted by atomic mass is 9.73. The fourth-order valence-electron chi connectivity index (χ4n) is 5.22. The van der Waals surface area contributed by atoms with Gasteiger partial charge in [-0.25, -0.2) is 4.99 Å². The molecule has 0 radical (unpaired) electrons. The third-order valence-corrected chi connectivity index (χ3v) is 7.59. The average molecular weight is 449 g/mol. The number of Topliss-reactive ketones (excluding diaryl/α,β-unsaturated/α-hetero) is 1. The number of para-hydroxylation sites is 1. The molecule has 3 aliphatic rings. The van der Waals surface area contributed by atoms with Crippen molar-refractivity contribution in [2.75, 3.05) is 4.90 Å². The van der Waals surface area contributed by atoms with Crippen molar-refractivity contribution >= 4 is 28.6 Å². The van der Waals surface area contributed by atoms with Crippen molar-refractivity contribution in [3.05, 3.63) is 111 Å². The molecule has 0 bridgehead atoms. The molecule has 3 heterocycles. The molecule has 0 fully saturated rings. The molecule has 5 nitrogen and oxygen atoms in total. The van der Waals surface area contributed by atoms with E-state index in [0.717, 1.165) is 33.0 Å². The molecular weight excluding hydrogens is 428 g/mol. The molecule has 0 amide bonds. The molecule has 2 N–H and O–H groups in total. The maximum Gasteiger partial charge on any atom is 0.162 e. The Bertz CT molecular complexity index is 1410. The van der Waals surface area contributed by atoms with Crippen molar-refractivity contribution in [1.82, 2.24) is 0 Å². The molecule has 2 atom stereocenters. The second-order valence-corrected chi connectivity index (χ2v) is 9.43. The fraction of sp³-hybridized carbons (Fsp3) is 0.148. The number of ketones is 1. The van der Waals surface area contributed by atoms with E-state index in [1.807, 2.05) is 64.9 Å². The Balaban J connectivity index is 1.61. The summed E-state index contributed by atoms with van der Waals surface area (Å²) in [7, 11) is 0. The summed E-state index contributed by atoms with van der Waals surface area (Å²) in [4.78, 5) is 21.5. The van der Waals surface area contributed by atoms with Gasteiger partial charge in [0.2, 0.25) is 0 Å². The first-order valence-electron chi connectivity index (χ1n) is 10.9. The highest BCUT2D eigenvalue weighted by molar-refractivity contribution is 7.10. The number of benzene rings is 2. The first-order valence-corrected chi connectivity index (χ1v) is 11.8. The van der Waals surface area contributed by atoms with Crippen LogP contribution in [0.3, 0.4) is 0 Å². The predicted octanol–water partition coefficient (Wildman–Crippen LogP) is 5.21. The topological polar surface area (TPSA) is 82.5 Å². The van der Waals surface area contributed by atoms with Gasteiger partial charge in [-0.2, -0.15) is 5.26 Å². The Morgan fingerprint density at radius 1 is 1.03 bits per heavy atom. The number of aliphatic imine (C=N–C) groups is 1. The Morgan fingerprint density at radius 3 is 2.58 bits per heavy atom. The van der Waals surface area contributed by atoms with Crippen LogP contribution in [0.25, 0.3) is 0 Å². The molecule has 2 aromatic carbocycles. The van der Waals surface area contributed by atoms with Crippen molar-refractivity contribution < 1.29 is 4.79 Å². The Morgan fingerprint density at radius 2 is 1.82 bits per heavy atom. The van der Waals surface area contributed by atoms with Crippen LogP contribution in [0.4, 0.5) is 5.69 Å². The molecule has 2 aliphatic heterocycles. The molecule has 1 aromatic heterocycles. The summed E-state index contributed by atoms with van der Waals surface area (Å²) >= 11 is 1.56. The number of anilines is 1. The number of nitrogens with zero attached hydrogens (tertiary/aromatic N) is 3. The highest BCUT2D eigenvalue weighted by atomic mass is 32.1. The van der Waals surface area contributed by atoms with Crippen LogP contribution < -0.4 is 10.6 Å². The van der Waals surface area contributed by atoms with E-state index in [1.54, 1.807) is 11.3 Å². The van der Waals surface area contributed by atoms with Gasteiger partial charge in [0.25, 0.3) is 0 Å². The second kappa shape index (κ2) is 7.58. The quantitative estimate of drug-likeness (QED) is 0.584. The van der Waals surface area contributed by atoms with Gasteiger partial charge in [0.05, 0.1) is 23.2 Å². The molecule has 160 valence electrons. The number of rotatable bonds is 2. The summed E-state index contributed by atoms with van der Waals surface area (Å²) in [5.74, 6) is 0.673. The van der Waals surface area contributed by atoms with Gasteiger partial charge in [0, 0.05) is 28.1 Å². The normalized spacial score (nSPS) is 21.7. The number of fused-ring (bicyclic) bond motifs is 4. The van der Waals surface area contributed by atoms with Crippen LogP contribution in [-0.2, 0) is 4.79 Å². The van der Waals surface area contributed by atoms with Crippen LogP contribution in [0.1, 0.15) is 40.7 Å². The largest absolute Gasteiger partial charge is 0.383 e. The molecule has 0 saturated carbocycles. The van der Waals surface area contributed by atoms with Crippen molar-refractivity contribution in [3.63, 3.8) is 0 Å². The van der Waals surface area contributed by atoms with Gasteiger partial charge in [-0.05, 0) is 41.5 Å². The van der Waals surface area contributed by atoms with E-state index >= 15 is 0 Å². The molecule has 6 rings (SSSR count). The lowest BCUT2D eigenvalue weighted by Gasteiger charge is -2.43. The Labute approximate surface area is 195 Å². The van der Waals surface area contributed by atoms with Crippen LogP contribution in [0.5, 0.6) is 0 Å². The minimum absolute atomic E-state index is 0.0711. The third-order valence-electron chi connectivity index (χ3n) is 6.65. The molecule has 0 spiro atoms. The van der Waals surface area contributed by atoms with Crippen LogP contribution in [0.15, 0.2) is 99.8 Å². The monoisotopic (exact) mass is 448 g/mol. The number of nitrogens with two attached hydrogens (primary N) is 1. The van der Waals surface area contributed by atoms with Crippen LogP contribution in [0.2, 0.25) is 0 Å². The zero-order valence-electron chi connectivity index (χ0n) is 17.7. The van der Waals surface area contributed by atoms with Crippen molar-refractivity contribution in [2.45, 2.75) is 24.7 Å². The van der Waals surface area contributed by atoms with Crippen molar-refractivity contribution in [1.29, 1.82) is 5.26 Å². The van der Waals surface area contributed by atoms with Gasteiger partial charge < -0.3 is 5.73 Å². The van der Waals surface area contributed by atoms with Gasteiger partial charge in [-0.3, -0.25) is 9.69 Å². The lowest BCUT2D eigenvalue weighted by molar-refractivity contribution is -0.116. The van der Waals surface area contributed by atoms with Crippen LogP contribution in [0, 0.1) is 11.3 Å². The maximum absolute atomic E-state index is 13.8. The second-order valence-electron chi connectivity index (χ2n) is 8.45. The molecule has 0 saturated heterocycles. The number of hydrogen-bond donors (Lipinski definition) is 1. The number of nitriles is 1. The van der Waals surface area contributed by atoms with E-state index in [-0.39, 0.29) is 11.7 Å². The summed E-state index contributed by atoms with van der Waals surface area (Å²) in [5.41, 5.74) is 11.3. The molecule has 6 heteroatoms. The predicted molar refractivity (Wildman–Crippen MR) is 130 cm³/mol. The van der Waals surface area contributed by atoms with E-state index in [2.05, 4.69) is 18.2 Å². The summed E-state index contributed by atoms with van der Waals surface area (Å²) in [6.07, 6.45) is 1.12. The molecule has 1 aliphatic carbocycles. The molecular formula is C27H20N4OS. The highest BCUT2D eigenvalue weighted by Gasteiger charge is 2.45. The summed E-state index contributed by atoms with van der Waals surface area (Å²) in [6.45, 7) is 0. The standard InChI is InChI=1S/C27H20N4OS/c28-15-19-24(23-11-6-12-33-23)25-21(13-17(14-22(25)32)16-7-2-1-3-8-16)31-20-10-5-4-9-18(20)26(29)30-27(19)31/h1-12,17,24H,13-14H2,(H2,29,30)/t17-,24-/m0/s1. The van der Waals surface area contributed by atoms with E-state index in [9.17, 15) is 10.1 Å². The smallest absolute Gasteiger partial charge is 0.162 e. The van der Waals surface area contributed by atoms with Gasteiger partial charge in [0.1, 0.15) is 5.84 Å². The number of thiophene rings is 1. The van der Waals surface area contributed by atoms with E-state index in [0.29, 0.717) is 30.1 Å². The zero-order chi connectivity index (χ0) is 22.5. The van der Waals surface area contributed by atoms with E-state index in [1.165, 1.54) is 0 Å². The first kappa shape index (κ1) is 19.7. The minimum atomic E-state index is -0.415.